The van der Waals surface area contributed by atoms with E-state index in [-0.39, 0.29) is 11.2 Å². The van der Waals surface area contributed by atoms with Crippen LogP contribution in [0.4, 0.5) is 0 Å². The number of rotatable bonds is 2. The minimum Gasteiger partial charge on any atom is -0.368 e. The van der Waals surface area contributed by atoms with Crippen molar-refractivity contribution in [1.82, 2.24) is 10.6 Å². The molecule has 0 saturated carbocycles. The molecule has 4 unspecified atom stereocenters. The van der Waals surface area contributed by atoms with Gasteiger partial charge in [0.25, 0.3) is 0 Å². The Labute approximate surface area is 172 Å². The van der Waals surface area contributed by atoms with Crippen LogP contribution < -0.4 is 10.6 Å². The Kier molecular flexibility index (Phi) is 3.46. The zero-order valence-corrected chi connectivity index (χ0v) is 16.9. The van der Waals surface area contributed by atoms with E-state index in [1.165, 1.54) is 22.5 Å². The van der Waals surface area contributed by atoms with Crippen molar-refractivity contribution in [2.45, 2.75) is 37.9 Å². The van der Waals surface area contributed by atoms with Gasteiger partial charge in [-0.15, -0.1) is 0 Å². The fourth-order valence-corrected chi connectivity index (χ4v) is 5.71. The summed E-state index contributed by atoms with van der Waals surface area (Å²) < 4.78 is 6.56. The second kappa shape index (κ2) is 5.87. The quantitative estimate of drug-likeness (QED) is 0.762. The number of nitrogens with one attached hydrogen (secondary N) is 2. The lowest BCUT2D eigenvalue weighted by Crippen LogP contribution is -2.42. The summed E-state index contributed by atoms with van der Waals surface area (Å²) in [5.41, 5.74) is 6.86. The molecule has 2 bridgehead atoms. The van der Waals surface area contributed by atoms with Gasteiger partial charge in [-0.2, -0.15) is 0 Å². The molecule has 6 rings (SSSR count). The minimum atomic E-state index is -0.0491. The van der Waals surface area contributed by atoms with Gasteiger partial charge in [-0.1, -0.05) is 72.8 Å². The molecular weight excluding hydrogens is 356 g/mol. The Balaban J connectivity index is 1.49. The Morgan fingerprint density at radius 2 is 1.10 bits per heavy atom. The van der Waals surface area contributed by atoms with E-state index in [9.17, 15) is 0 Å². The Bertz CT molecular complexity index is 983. The molecule has 2 N–H and O–H groups in total. The standard InChI is InChI=1S/C26H26N2O/c1-25-13-14-26(2,29-25)20-16-22-21(15-19(20)25)27-23(17-9-5-3-6-10-17)24(28-22)18-11-7-4-8-12-18/h3-12,15-16,19-20,27-28H,13-14H2,1-2H3. The fourth-order valence-electron chi connectivity index (χ4n) is 5.71. The first-order chi connectivity index (χ1) is 14.1. The fraction of sp³-hybridized carbons (Fsp3) is 0.308. The largest absolute Gasteiger partial charge is 0.368 e. The van der Waals surface area contributed by atoms with Crippen molar-refractivity contribution in [2.24, 2.45) is 11.8 Å². The molecule has 3 heteroatoms. The second-order valence-electron chi connectivity index (χ2n) is 9.17. The van der Waals surface area contributed by atoms with Crippen molar-refractivity contribution >= 4 is 11.4 Å². The summed E-state index contributed by atoms with van der Waals surface area (Å²) in [5.74, 6) is 0.842. The highest BCUT2D eigenvalue weighted by Crippen LogP contribution is 2.60. The van der Waals surface area contributed by atoms with E-state index >= 15 is 0 Å². The predicted molar refractivity (Wildman–Crippen MR) is 116 cm³/mol. The van der Waals surface area contributed by atoms with E-state index in [1.54, 1.807) is 0 Å². The lowest BCUT2D eigenvalue weighted by atomic mass is 9.65. The van der Waals surface area contributed by atoms with Crippen LogP contribution in [-0.4, -0.2) is 11.2 Å². The van der Waals surface area contributed by atoms with Gasteiger partial charge in [0.05, 0.1) is 34.0 Å². The number of fused-ring (bicyclic) bond motifs is 6. The van der Waals surface area contributed by atoms with E-state index in [1.807, 2.05) is 0 Å². The molecule has 0 spiro atoms. The van der Waals surface area contributed by atoms with Crippen molar-refractivity contribution in [1.29, 1.82) is 0 Å². The minimum absolute atomic E-state index is 0.0491. The van der Waals surface area contributed by atoms with Crippen LogP contribution in [0.1, 0.15) is 37.8 Å². The molecule has 0 radical (unpaired) electrons. The first-order valence-corrected chi connectivity index (χ1v) is 10.6. The van der Waals surface area contributed by atoms with Gasteiger partial charge in [0.1, 0.15) is 0 Å². The van der Waals surface area contributed by atoms with Crippen molar-refractivity contribution < 1.29 is 4.74 Å². The van der Waals surface area contributed by atoms with E-state index in [0.29, 0.717) is 11.8 Å². The van der Waals surface area contributed by atoms with Gasteiger partial charge >= 0.3 is 0 Å². The van der Waals surface area contributed by atoms with Crippen molar-refractivity contribution in [2.75, 3.05) is 0 Å². The second-order valence-corrected chi connectivity index (χ2v) is 9.17. The lowest BCUT2D eigenvalue weighted by Gasteiger charge is -2.39. The van der Waals surface area contributed by atoms with E-state index < -0.39 is 0 Å². The van der Waals surface area contributed by atoms with Crippen LogP contribution in [-0.2, 0) is 4.74 Å². The molecule has 146 valence electrons. The average molecular weight is 383 g/mol. The summed E-state index contributed by atoms with van der Waals surface area (Å²) in [7, 11) is 0. The molecule has 0 aromatic heterocycles. The van der Waals surface area contributed by atoms with Gasteiger partial charge in [0.2, 0.25) is 0 Å². The van der Waals surface area contributed by atoms with Gasteiger partial charge in [0, 0.05) is 23.0 Å². The number of hydrogen-bond donors (Lipinski definition) is 2. The molecule has 4 atom stereocenters. The van der Waals surface area contributed by atoms with E-state index in [4.69, 9.17) is 4.74 Å². The molecule has 1 aliphatic carbocycles. The summed E-state index contributed by atoms with van der Waals surface area (Å²) in [6.07, 6.45) is 7.12. The summed E-state index contributed by atoms with van der Waals surface area (Å²) in [6, 6.07) is 21.1. The average Bonchev–Trinajstić information content (AvgIpc) is 3.20. The smallest absolute Gasteiger partial charge is 0.0733 e. The third-order valence-electron chi connectivity index (χ3n) is 7.26. The van der Waals surface area contributed by atoms with Crippen LogP contribution in [0.3, 0.4) is 0 Å². The zero-order chi connectivity index (χ0) is 19.6. The van der Waals surface area contributed by atoms with Gasteiger partial charge < -0.3 is 15.4 Å². The molecular formula is C26H26N2O. The van der Waals surface area contributed by atoms with Gasteiger partial charge in [-0.05, 0) is 26.7 Å². The maximum absolute atomic E-state index is 6.56. The maximum atomic E-state index is 6.56. The molecule has 4 aliphatic rings. The molecule has 3 aliphatic heterocycles. The molecule has 29 heavy (non-hydrogen) atoms. The van der Waals surface area contributed by atoms with Gasteiger partial charge in [0.15, 0.2) is 0 Å². The third kappa shape index (κ3) is 2.47. The molecule has 2 aromatic rings. The summed E-state index contributed by atoms with van der Waals surface area (Å²) in [5, 5.41) is 7.55. The molecule has 3 nitrogen and oxygen atoms in total. The van der Waals surface area contributed by atoms with E-state index in [0.717, 1.165) is 24.2 Å². The monoisotopic (exact) mass is 382 g/mol. The maximum Gasteiger partial charge on any atom is 0.0733 e. The normalized spacial score (nSPS) is 34.6. The molecule has 3 heterocycles. The van der Waals surface area contributed by atoms with Crippen molar-refractivity contribution in [3.8, 4) is 0 Å². The topological polar surface area (TPSA) is 33.3 Å². The summed E-state index contributed by atoms with van der Waals surface area (Å²) >= 11 is 0. The van der Waals surface area contributed by atoms with Crippen LogP contribution >= 0.6 is 0 Å². The predicted octanol–water partition coefficient (Wildman–Crippen LogP) is 5.06. The summed E-state index contributed by atoms with van der Waals surface area (Å²) in [6.45, 7) is 4.58. The highest BCUT2D eigenvalue weighted by atomic mass is 16.5. The molecule has 2 fully saturated rings. The number of hydrogen-bond acceptors (Lipinski definition) is 3. The van der Waals surface area contributed by atoms with Crippen LogP contribution in [0.2, 0.25) is 0 Å². The van der Waals surface area contributed by atoms with Crippen molar-refractivity contribution in [3.63, 3.8) is 0 Å². The molecule has 0 amide bonds. The van der Waals surface area contributed by atoms with Crippen LogP contribution in [0.5, 0.6) is 0 Å². The highest BCUT2D eigenvalue weighted by molar-refractivity contribution is 5.92. The van der Waals surface area contributed by atoms with Crippen LogP contribution in [0.15, 0.2) is 84.2 Å². The lowest BCUT2D eigenvalue weighted by molar-refractivity contribution is -0.0375. The Morgan fingerprint density at radius 3 is 1.52 bits per heavy atom. The Hall–Kier alpha value is -2.78. The summed E-state index contributed by atoms with van der Waals surface area (Å²) in [4.78, 5) is 0. The first-order valence-electron chi connectivity index (χ1n) is 10.6. The molecule has 2 aromatic carbocycles. The van der Waals surface area contributed by atoms with Gasteiger partial charge in [-0.25, -0.2) is 0 Å². The van der Waals surface area contributed by atoms with Crippen LogP contribution in [0.25, 0.3) is 11.4 Å². The number of benzene rings is 2. The first kappa shape index (κ1) is 17.1. The SMILES string of the molecule is CC12CCC(C)(O1)C1C=C3NC(c4ccccc4)=C(c4ccccc4)NC3=CC12. The Morgan fingerprint density at radius 1 is 0.690 bits per heavy atom. The molecule has 2 saturated heterocycles. The van der Waals surface area contributed by atoms with Crippen LogP contribution in [0, 0.1) is 11.8 Å². The zero-order valence-electron chi connectivity index (χ0n) is 16.9. The third-order valence-corrected chi connectivity index (χ3v) is 7.26. The van der Waals surface area contributed by atoms with E-state index in [2.05, 4.69) is 97.3 Å². The van der Waals surface area contributed by atoms with Gasteiger partial charge in [-0.3, -0.25) is 0 Å². The number of ether oxygens (including phenoxy) is 1. The highest BCUT2D eigenvalue weighted by Gasteiger charge is 2.62. The van der Waals surface area contributed by atoms with Crippen molar-refractivity contribution in [3.05, 3.63) is 95.3 Å².